The van der Waals surface area contributed by atoms with Crippen LogP contribution in [0.3, 0.4) is 0 Å². The Kier molecular flexibility index (Phi) is 6.85. The predicted octanol–water partition coefficient (Wildman–Crippen LogP) is 4.27. The summed E-state index contributed by atoms with van der Waals surface area (Å²) in [7, 11) is 0. The molecule has 0 aliphatic heterocycles. The number of nitrogens with zero attached hydrogens (tertiary/aromatic N) is 1. The van der Waals surface area contributed by atoms with Crippen LogP contribution in [0.15, 0.2) is 15.9 Å². The van der Waals surface area contributed by atoms with E-state index in [1.165, 1.54) is 8.66 Å². The third-order valence-corrected chi connectivity index (χ3v) is 4.86. The van der Waals surface area contributed by atoms with Crippen LogP contribution in [0.25, 0.3) is 0 Å². The van der Waals surface area contributed by atoms with E-state index in [0.29, 0.717) is 12.0 Å². The molecule has 1 aromatic rings. The highest BCUT2D eigenvalue weighted by Crippen LogP contribution is 2.33. The van der Waals surface area contributed by atoms with Gasteiger partial charge in [0.15, 0.2) is 0 Å². The summed E-state index contributed by atoms with van der Waals surface area (Å²) in [4.78, 5) is 3.88. The zero-order valence-corrected chi connectivity index (χ0v) is 14.2. The summed E-state index contributed by atoms with van der Waals surface area (Å²) in [5, 5.41) is 0. The third-order valence-electron chi connectivity index (χ3n) is 3.16. The van der Waals surface area contributed by atoms with Gasteiger partial charge in [-0.25, -0.2) is 0 Å². The Morgan fingerprint density at radius 1 is 1.33 bits per heavy atom. The van der Waals surface area contributed by atoms with Gasteiger partial charge in [0, 0.05) is 17.5 Å². The van der Waals surface area contributed by atoms with Gasteiger partial charge in [-0.3, -0.25) is 4.90 Å². The van der Waals surface area contributed by atoms with Crippen molar-refractivity contribution in [1.82, 2.24) is 4.90 Å². The van der Waals surface area contributed by atoms with Gasteiger partial charge in [-0.2, -0.15) is 0 Å². The van der Waals surface area contributed by atoms with Crippen molar-refractivity contribution < 1.29 is 0 Å². The van der Waals surface area contributed by atoms with E-state index >= 15 is 0 Å². The van der Waals surface area contributed by atoms with Crippen LogP contribution < -0.4 is 5.73 Å². The Morgan fingerprint density at radius 3 is 2.39 bits per heavy atom. The molecule has 0 bridgehead atoms. The Bertz CT molecular complexity index is 351. The first-order chi connectivity index (χ1) is 8.49. The van der Waals surface area contributed by atoms with Crippen molar-refractivity contribution in [2.45, 2.75) is 46.2 Å². The first-order valence-corrected chi connectivity index (χ1v) is 8.35. The first kappa shape index (κ1) is 16.2. The fourth-order valence-corrected chi connectivity index (χ4v) is 3.92. The quantitative estimate of drug-likeness (QED) is 0.807. The SMILES string of the molecule is CCC(N)C(c1ccc(Br)s1)N(CC)CC(C)C. The fraction of sp³-hybridized carbons (Fsp3) is 0.714. The Morgan fingerprint density at radius 2 is 2.00 bits per heavy atom. The second kappa shape index (κ2) is 7.63. The van der Waals surface area contributed by atoms with Gasteiger partial charge in [0.1, 0.15) is 0 Å². The first-order valence-electron chi connectivity index (χ1n) is 6.74. The summed E-state index contributed by atoms with van der Waals surface area (Å²) >= 11 is 5.36. The Hall–Kier alpha value is 0.1000. The zero-order valence-electron chi connectivity index (χ0n) is 11.8. The lowest BCUT2D eigenvalue weighted by atomic mass is 10.0. The van der Waals surface area contributed by atoms with Crippen molar-refractivity contribution in [1.29, 1.82) is 0 Å². The maximum absolute atomic E-state index is 6.36. The van der Waals surface area contributed by atoms with Gasteiger partial charge < -0.3 is 5.73 Å². The lowest BCUT2D eigenvalue weighted by Gasteiger charge is -2.35. The normalized spacial score (nSPS) is 15.3. The average Bonchev–Trinajstić information content (AvgIpc) is 2.73. The molecule has 2 N–H and O–H groups in total. The van der Waals surface area contributed by atoms with E-state index in [9.17, 15) is 0 Å². The maximum atomic E-state index is 6.36. The minimum atomic E-state index is 0.203. The van der Waals surface area contributed by atoms with Crippen LogP contribution in [0.4, 0.5) is 0 Å². The third kappa shape index (κ3) is 4.34. The van der Waals surface area contributed by atoms with E-state index in [0.717, 1.165) is 19.5 Å². The molecule has 0 aliphatic rings. The van der Waals surface area contributed by atoms with Crippen molar-refractivity contribution in [3.05, 3.63) is 20.8 Å². The van der Waals surface area contributed by atoms with Crippen LogP contribution in [0, 0.1) is 5.92 Å². The van der Waals surface area contributed by atoms with E-state index in [1.807, 2.05) is 0 Å². The van der Waals surface area contributed by atoms with Gasteiger partial charge in [-0.05, 0) is 46.9 Å². The van der Waals surface area contributed by atoms with Gasteiger partial charge in [-0.1, -0.05) is 27.7 Å². The summed E-state index contributed by atoms with van der Waals surface area (Å²) in [6.07, 6.45) is 1.01. The van der Waals surface area contributed by atoms with E-state index in [1.54, 1.807) is 11.3 Å². The molecule has 104 valence electrons. The number of likely N-dealkylation sites (N-methyl/N-ethyl adjacent to an activating group) is 1. The van der Waals surface area contributed by atoms with Crippen LogP contribution in [0.2, 0.25) is 0 Å². The summed E-state index contributed by atoms with van der Waals surface area (Å²) < 4.78 is 1.19. The number of hydrogen-bond donors (Lipinski definition) is 1. The van der Waals surface area contributed by atoms with E-state index in [2.05, 4.69) is 60.7 Å². The van der Waals surface area contributed by atoms with Crippen molar-refractivity contribution in [3.8, 4) is 0 Å². The molecule has 0 amide bonds. The summed E-state index contributed by atoms with van der Waals surface area (Å²) in [6, 6.07) is 4.88. The highest BCUT2D eigenvalue weighted by Gasteiger charge is 2.26. The van der Waals surface area contributed by atoms with E-state index < -0.39 is 0 Å². The molecule has 1 heterocycles. The maximum Gasteiger partial charge on any atom is 0.0702 e. The van der Waals surface area contributed by atoms with Crippen LogP contribution >= 0.6 is 27.3 Å². The molecule has 0 spiro atoms. The molecule has 0 aliphatic carbocycles. The second-order valence-electron chi connectivity index (χ2n) is 5.14. The largest absolute Gasteiger partial charge is 0.326 e. The fourth-order valence-electron chi connectivity index (χ4n) is 2.28. The second-order valence-corrected chi connectivity index (χ2v) is 7.63. The number of halogens is 1. The number of hydrogen-bond acceptors (Lipinski definition) is 3. The molecular weight excluding hydrogens is 308 g/mol. The van der Waals surface area contributed by atoms with Gasteiger partial charge in [0.2, 0.25) is 0 Å². The molecule has 2 unspecified atom stereocenters. The van der Waals surface area contributed by atoms with Crippen LogP contribution in [0.1, 0.15) is 45.0 Å². The molecule has 1 rings (SSSR count). The van der Waals surface area contributed by atoms with Crippen molar-refractivity contribution in [3.63, 3.8) is 0 Å². The van der Waals surface area contributed by atoms with Crippen molar-refractivity contribution in [2.24, 2.45) is 11.7 Å². The molecule has 0 saturated carbocycles. The van der Waals surface area contributed by atoms with Gasteiger partial charge in [0.25, 0.3) is 0 Å². The summed E-state index contributed by atoms with van der Waals surface area (Å²) in [5.41, 5.74) is 6.36. The number of thiophene rings is 1. The standard InChI is InChI=1S/C14H25BrN2S/c1-5-11(16)14(12-7-8-13(15)18-12)17(6-2)9-10(3)4/h7-8,10-11,14H,5-6,9,16H2,1-4H3. The lowest BCUT2D eigenvalue weighted by Crippen LogP contribution is -2.42. The van der Waals surface area contributed by atoms with E-state index in [4.69, 9.17) is 5.73 Å². The zero-order chi connectivity index (χ0) is 13.7. The molecule has 0 saturated heterocycles. The molecule has 0 radical (unpaired) electrons. The molecule has 18 heavy (non-hydrogen) atoms. The Labute approximate surface area is 124 Å². The monoisotopic (exact) mass is 332 g/mol. The molecule has 4 heteroatoms. The van der Waals surface area contributed by atoms with Crippen molar-refractivity contribution in [2.75, 3.05) is 13.1 Å². The predicted molar refractivity (Wildman–Crippen MR) is 85.1 cm³/mol. The van der Waals surface area contributed by atoms with Gasteiger partial charge in [-0.15, -0.1) is 11.3 Å². The van der Waals surface area contributed by atoms with Gasteiger partial charge >= 0.3 is 0 Å². The molecule has 2 atom stereocenters. The average molecular weight is 333 g/mol. The Balaban J connectivity index is 2.96. The molecule has 0 fully saturated rings. The molecule has 0 aromatic carbocycles. The molecule has 1 aromatic heterocycles. The molecule has 2 nitrogen and oxygen atoms in total. The highest BCUT2D eigenvalue weighted by atomic mass is 79.9. The lowest BCUT2D eigenvalue weighted by molar-refractivity contribution is 0.162. The van der Waals surface area contributed by atoms with E-state index in [-0.39, 0.29) is 6.04 Å². The highest BCUT2D eigenvalue weighted by molar-refractivity contribution is 9.11. The number of nitrogens with two attached hydrogens (primary N) is 1. The summed E-state index contributed by atoms with van der Waals surface area (Å²) in [5.74, 6) is 0.667. The minimum Gasteiger partial charge on any atom is -0.326 e. The van der Waals surface area contributed by atoms with Crippen LogP contribution in [-0.4, -0.2) is 24.0 Å². The number of rotatable bonds is 7. The van der Waals surface area contributed by atoms with Gasteiger partial charge in [0.05, 0.1) is 9.83 Å². The topological polar surface area (TPSA) is 29.3 Å². The molecular formula is C14H25BrN2S. The van der Waals surface area contributed by atoms with Crippen LogP contribution in [-0.2, 0) is 0 Å². The van der Waals surface area contributed by atoms with Crippen molar-refractivity contribution >= 4 is 27.3 Å². The minimum absolute atomic E-state index is 0.203. The smallest absolute Gasteiger partial charge is 0.0702 e. The van der Waals surface area contributed by atoms with Crippen LogP contribution in [0.5, 0.6) is 0 Å². The summed E-state index contributed by atoms with van der Waals surface area (Å²) in [6.45, 7) is 11.1.